The average Bonchev–Trinajstić information content (AvgIpc) is 3.06. The molecule has 0 N–H and O–H groups in total. The molecule has 2 aromatic carbocycles. The highest BCUT2D eigenvalue weighted by Gasteiger charge is 2.28. The summed E-state index contributed by atoms with van der Waals surface area (Å²) in [5, 5.41) is 0.733. The monoisotopic (exact) mass is 650 g/mol. The predicted octanol–water partition coefficient (Wildman–Crippen LogP) is 4.38. The number of sulfonamides is 1. The molecular weight excluding hydrogens is 618 g/mol. The Morgan fingerprint density at radius 2 is 1.74 bits per heavy atom. The van der Waals surface area contributed by atoms with E-state index >= 15 is 0 Å². The van der Waals surface area contributed by atoms with Crippen molar-refractivity contribution in [3.05, 3.63) is 78.8 Å². The quantitative estimate of drug-likeness (QED) is 0.230. The average molecular weight is 651 g/mol. The Hall–Kier alpha value is -4.98. The molecule has 14 heteroatoms. The van der Waals surface area contributed by atoms with Gasteiger partial charge in [-0.3, -0.25) is 13.9 Å². The molecule has 1 saturated heterocycles. The number of aromatic nitrogens is 3. The van der Waals surface area contributed by atoms with E-state index in [-0.39, 0.29) is 23.3 Å². The van der Waals surface area contributed by atoms with E-state index in [1.807, 2.05) is 25.1 Å². The molecule has 0 bridgehead atoms. The van der Waals surface area contributed by atoms with Crippen molar-refractivity contribution in [2.45, 2.75) is 24.7 Å². The maximum Gasteiger partial charge on any atom is 0.267 e. The first-order valence-corrected chi connectivity index (χ1v) is 16.0. The number of halogens is 2. The lowest BCUT2D eigenvalue weighted by Crippen LogP contribution is -2.48. The molecule has 4 aromatic rings. The van der Waals surface area contributed by atoms with Gasteiger partial charge in [0, 0.05) is 68.9 Å². The van der Waals surface area contributed by atoms with Gasteiger partial charge in [0.25, 0.3) is 10.0 Å². The van der Waals surface area contributed by atoms with Crippen molar-refractivity contribution in [3.8, 4) is 17.0 Å². The second-order valence-electron chi connectivity index (χ2n) is 10.6. The lowest BCUT2D eigenvalue weighted by molar-refractivity contribution is -0.126. The third-order valence-electron chi connectivity index (χ3n) is 7.64. The number of amides is 1. The van der Waals surface area contributed by atoms with Gasteiger partial charge in [-0.2, -0.15) is 0 Å². The van der Waals surface area contributed by atoms with Gasteiger partial charge >= 0.3 is 0 Å². The van der Waals surface area contributed by atoms with Crippen LogP contribution in [-0.2, 0) is 19.6 Å². The summed E-state index contributed by atoms with van der Waals surface area (Å²) in [7, 11) is -1.89. The minimum atomic E-state index is -4.45. The predicted molar refractivity (Wildman–Crippen MR) is 169 cm³/mol. The fraction of sp³-hybridized carbons (Fsp3) is 0.281. The first kappa shape index (κ1) is 32.4. The Morgan fingerprint density at radius 1 is 0.978 bits per heavy atom. The van der Waals surface area contributed by atoms with Gasteiger partial charge in [-0.05, 0) is 48.4 Å². The molecule has 46 heavy (non-hydrogen) atoms. The van der Waals surface area contributed by atoms with Crippen LogP contribution in [0.15, 0.2) is 72.0 Å². The summed E-state index contributed by atoms with van der Waals surface area (Å²) in [5.74, 6) is -1.76. The third kappa shape index (κ3) is 6.66. The number of carbonyl (C=O) groups excluding carboxylic acids is 2. The number of allylic oxidation sites excluding steroid dienone is 1. The lowest BCUT2D eigenvalue weighted by Gasteiger charge is -2.35. The summed E-state index contributed by atoms with van der Waals surface area (Å²) in [4.78, 5) is 40.7. The van der Waals surface area contributed by atoms with Crippen LogP contribution in [0.1, 0.15) is 19.8 Å². The molecule has 1 aliphatic heterocycles. The normalized spacial score (nSPS) is 13.8. The van der Waals surface area contributed by atoms with Crippen molar-refractivity contribution in [1.82, 2.24) is 19.9 Å². The number of nitrogens with zero attached hydrogens (tertiary/aromatic N) is 6. The van der Waals surface area contributed by atoms with Crippen molar-refractivity contribution >= 4 is 44.1 Å². The molecule has 0 unspecified atom stereocenters. The molecule has 0 radical (unpaired) electrons. The SMILES string of the molecule is CCCC(=O)/C=C/C(=O)N1CCN(c2ncnc3ccc(-c4cnc(OC)c(N(C)S(=O)(=O)c5ccc(F)cc5F)c4)cc23)CC1. The number of ketones is 1. The van der Waals surface area contributed by atoms with Crippen LogP contribution in [0.25, 0.3) is 22.0 Å². The van der Waals surface area contributed by atoms with Gasteiger partial charge in [-0.15, -0.1) is 0 Å². The summed E-state index contributed by atoms with van der Waals surface area (Å²) < 4.78 is 60.8. The van der Waals surface area contributed by atoms with Crippen LogP contribution in [0.4, 0.5) is 20.3 Å². The van der Waals surface area contributed by atoms with Crippen LogP contribution >= 0.6 is 0 Å². The Kier molecular flexibility index (Phi) is 9.56. The molecular formula is C32H32F2N6O5S. The summed E-state index contributed by atoms with van der Waals surface area (Å²) in [6.07, 6.45) is 6.79. The Balaban J connectivity index is 1.42. The van der Waals surface area contributed by atoms with Crippen molar-refractivity contribution in [2.24, 2.45) is 0 Å². The molecule has 0 spiro atoms. The molecule has 2 aromatic heterocycles. The summed E-state index contributed by atoms with van der Waals surface area (Å²) in [5.41, 5.74) is 1.93. The first-order valence-electron chi connectivity index (χ1n) is 14.5. The van der Waals surface area contributed by atoms with Gasteiger partial charge < -0.3 is 14.5 Å². The van der Waals surface area contributed by atoms with E-state index in [0.29, 0.717) is 61.1 Å². The molecule has 1 amide bonds. The standard InChI is InChI=1S/C32H32F2N6O5S/c1-4-5-24(41)8-11-30(42)39-12-14-40(15-13-39)31-25-16-21(6-9-27(25)36-20-37-31)22-17-28(32(45-3)35-19-22)38(2)46(43,44)29-10-7-23(33)18-26(29)34/h6-11,16-20H,4-5,12-15H2,1-3H3/b11-8+. The minimum Gasteiger partial charge on any atom is -0.479 e. The van der Waals surface area contributed by atoms with Gasteiger partial charge in [-0.25, -0.2) is 32.2 Å². The number of methoxy groups -OCH3 is 1. The van der Waals surface area contributed by atoms with Gasteiger partial charge in [0.1, 0.15) is 34.4 Å². The van der Waals surface area contributed by atoms with Crippen molar-refractivity contribution in [2.75, 3.05) is 49.5 Å². The second kappa shape index (κ2) is 13.6. The van der Waals surface area contributed by atoms with Gasteiger partial charge in [-0.1, -0.05) is 13.0 Å². The summed E-state index contributed by atoms with van der Waals surface area (Å²) in [6.45, 7) is 3.81. The number of hydrogen-bond donors (Lipinski definition) is 0. The molecule has 1 aliphatic rings. The molecule has 11 nitrogen and oxygen atoms in total. The number of fused-ring (bicyclic) bond motifs is 1. The smallest absolute Gasteiger partial charge is 0.267 e. The Morgan fingerprint density at radius 3 is 2.43 bits per heavy atom. The molecule has 3 heterocycles. The van der Waals surface area contributed by atoms with Gasteiger partial charge in [0.2, 0.25) is 11.8 Å². The fourth-order valence-electron chi connectivity index (χ4n) is 5.16. The highest BCUT2D eigenvalue weighted by molar-refractivity contribution is 7.92. The van der Waals surface area contributed by atoms with E-state index in [9.17, 15) is 26.8 Å². The topological polar surface area (TPSA) is 126 Å². The van der Waals surface area contributed by atoms with E-state index < -0.39 is 26.6 Å². The largest absolute Gasteiger partial charge is 0.479 e. The van der Waals surface area contributed by atoms with Crippen LogP contribution in [0.2, 0.25) is 0 Å². The highest BCUT2D eigenvalue weighted by atomic mass is 32.2. The number of pyridine rings is 1. The molecule has 0 saturated carbocycles. The van der Waals surface area contributed by atoms with Crippen LogP contribution in [-0.4, -0.2) is 80.3 Å². The zero-order chi connectivity index (χ0) is 33.0. The summed E-state index contributed by atoms with van der Waals surface area (Å²) >= 11 is 0. The molecule has 1 fully saturated rings. The van der Waals surface area contributed by atoms with Gasteiger partial charge in [0.05, 0.1) is 12.6 Å². The zero-order valence-electron chi connectivity index (χ0n) is 25.5. The van der Waals surface area contributed by atoms with E-state index in [4.69, 9.17) is 4.74 Å². The number of rotatable bonds is 10. The molecule has 0 aliphatic carbocycles. The number of anilines is 2. The van der Waals surface area contributed by atoms with Crippen molar-refractivity contribution in [1.29, 1.82) is 0 Å². The van der Waals surface area contributed by atoms with Crippen LogP contribution < -0.4 is 13.9 Å². The second-order valence-corrected chi connectivity index (χ2v) is 12.5. The molecule has 240 valence electrons. The van der Waals surface area contributed by atoms with E-state index in [2.05, 4.69) is 19.9 Å². The van der Waals surface area contributed by atoms with E-state index in [1.54, 1.807) is 11.0 Å². The van der Waals surface area contributed by atoms with Gasteiger partial charge in [0.15, 0.2) is 5.78 Å². The number of ether oxygens (including phenoxy) is 1. The van der Waals surface area contributed by atoms with Crippen molar-refractivity contribution < 1.29 is 31.5 Å². The minimum absolute atomic E-state index is 0.0147. The van der Waals surface area contributed by atoms with Crippen LogP contribution in [0.5, 0.6) is 5.88 Å². The summed E-state index contributed by atoms with van der Waals surface area (Å²) in [6, 6.07) is 9.29. The van der Waals surface area contributed by atoms with E-state index in [1.165, 1.54) is 38.8 Å². The highest BCUT2D eigenvalue weighted by Crippen LogP contribution is 2.36. The van der Waals surface area contributed by atoms with E-state index in [0.717, 1.165) is 28.2 Å². The lowest BCUT2D eigenvalue weighted by atomic mass is 10.0. The number of piperazine rings is 1. The number of carbonyl (C=O) groups is 2. The Labute approximate surface area is 265 Å². The fourth-order valence-corrected chi connectivity index (χ4v) is 6.39. The van der Waals surface area contributed by atoms with Crippen LogP contribution in [0, 0.1) is 11.6 Å². The Bertz CT molecular complexity index is 1930. The number of benzene rings is 2. The van der Waals surface area contributed by atoms with Crippen LogP contribution in [0.3, 0.4) is 0 Å². The van der Waals surface area contributed by atoms with Crippen molar-refractivity contribution in [3.63, 3.8) is 0 Å². The first-order chi connectivity index (χ1) is 22.0. The molecule has 5 rings (SSSR count). The molecule has 0 atom stereocenters. The number of hydrogen-bond acceptors (Lipinski definition) is 9. The zero-order valence-corrected chi connectivity index (χ0v) is 26.3. The maximum atomic E-state index is 14.5. The third-order valence-corrected chi connectivity index (χ3v) is 9.45. The maximum absolute atomic E-state index is 14.5.